The standard InChI is InChI=1S/C26H34N4O/c1-17(2)25-23-14-20(19-8-11-30(12-9-19)16-22(31)15-27-4)5-6-24(23)29-26(25)21-7-10-28-18(3)13-21/h5-7,10,13-14,17,19,27,29H,8-9,11-12,15-16H2,1-4H3. The molecule has 3 aromatic rings. The minimum atomic E-state index is 0.273. The highest BCUT2D eigenvalue weighted by Crippen LogP contribution is 2.38. The molecule has 0 amide bonds. The van der Waals surface area contributed by atoms with Crippen LogP contribution in [0, 0.1) is 6.92 Å². The Morgan fingerprint density at radius 3 is 2.68 bits per heavy atom. The van der Waals surface area contributed by atoms with Gasteiger partial charge in [-0.15, -0.1) is 0 Å². The number of aryl methyl sites for hydroxylation is 1. The Balaban J connectivity index is 1.58. The predicted octanol–water partition coefficient (Wildman–Crippen LogP) is 4.63. The SMILES string of the molecule is CNCC(=O)CN1CCC(c2ccc3[nH]c(-c4ccnc(C)c4)c(C(C)C)c3c2)CC1. The largest absolute Gasteiger partial charge is 0.354 e. The molecular weight excluding hydrogens is 384 g/mol. The lowest BCUT2D eigenvalue weighted by molar-refractivity contribution is -0.119. The van der Waals surface area contributed by atoms with Crippen molar-refractivity contribution in [1.82, 2.24) is 20.2 Å². The van der Waals surface area contributed by atoms with Gasteiger partial charge in [-0.25, -0.2) is 0 Å². The monoisotopic (exact) mass is 418 g/mol. The molecule has 0 spiro atoms. The predicted molar refractivity (Wildman–Crippen MR) is 128 cm³/mol. The van der Waals surface area contributed by atoms with Crippen LogP contribution in [0.3, 0.4) is 0 Å². The Morgan fingerprint density at radius 1 is 1.23 bits per heavy atom. The van der Waals surface area contributed by atoms with E-state index < -0.39 is 0 Å². The highest BCUT2D eigenvalue weighted by molar-refractivity contribution is 5.92. The summed E-state index contributed by atoms with van der Waals surface area (Å²) in [6, 6.07) is 11.2. The van der Waals surface area contributed by atoms with E-state index in [0.717, 1.165) is 31.6 Å². The quantitative estimate of drug-likeness (QED) is 0.587. The van der Waals surface area contributed by atoms with Crippen molar-refractivity contribution in [1.29, 1.82) is 0 Å². The molecule has 5 heteroatoms. The third-order valence-corrected chi connectivity index (χ3v) is 6.46. The van der Waals surface area contributed by atoms with Gasteiger partial charge in [0, 0.05) is 28.4 Å². The highest BCUT2D eigenvalue weighted by atomic mass is 16.1. The van der Waals surface area contributed by atoms with Crippen LogP contribution in [0.2, 0.25) is 0 Å². The summed E-state index contributed by atoms with van der Waals surface area (Å²) in [6.07, 6.45) is 4.10. The number of aromatic amines is 1. The van der Waals surface area contributed by atoms with Crippen molar-refractivity contribution in [3.8, 4) is 11.3 Å². The third-order valence-electron chi connectivity index (χ3n) is 6.46. The number of rotatable bonds is 7. The molecule has 1 fully saturated rings. The summed E-state index contributed by atoms with van der Waals surface area (Å²) in [5.74, 6) is 1.25. The first-order chi connectivity index (χ1) is 15.0. The lowest BCUT2D eigenvalue weighted by Gasteiger charge is -2.31. The van der Waals surface area contributed by atoms with E-state index in [0.29, 0.717) is 24.9 Å². The molecule has 1 aromatic carbocycles. The van der Waals surface area contributed by atoms with Crippen molar-refractivity contribution in [3.63, 3.8) is 0 Å². The number of nitrogens with one attached hydrogen (secondary N) is 2. The molecule has 0 radical (unpaired) electrons. The van der Waals surface area contributed by atoms with Crippen LogP contribution in [0.1, 0.15) is 55.3 Å². The van der Waals surface area contributed by atoms with E-state index in [4.69, 9.17) is 0 Å². The molecule has 2 aromatic heterocycles. The van der Waals surface area contributed by atoms with Gasteiger partial charge in [0.25, 0.3) is 0 Å². The number of fused-ring (bicyclic) bond motifs is 1. The second-order valence-corrected chi connectivity index (χ2v) is 9.18. The van der Waals surface area contributed by atoms with Crippen molar-refractivity contribution in [2.75, 3.05) is 33.2 Å². The van der Waals surface area contributed by atoms with E-state index in [1.54, 1.807) is 0 Å². The van der Waals surface area contributed by atoms with Crippen LogP contribution in [0.25, 0.3) is 22.2 Å². The Hall–Kier alpha value is -2.50. The number of piperidine rings is 1. The van der Waals surface area contributed by atoms with Gasteiger partial charge < -0.3 is 10.3 Å². The number of aromatic nitrogens is 2. The van der Waals surface area contributed by atoms with Crippen LogP contribution in [-0.2, 0) is 4.79 Å². The molecule has 31 heavy (non-hydrogen) atoms. The average molecular weight is 419 g/mol. The minimum absolute atomic E-state index is 0.273. The number of H-pyrrole nitrogens is 1. The van der Waals surface area contributed by atoms with Gasteiger partial charge in [0.2, 0.25) is 0 Å². The van der Waals surface area contributed by atoms with E-state index in [1.807, 2.05) is 20.2 Å². The zero-order valence-electron chi connectivity index (χ0n) is 19.2. The summed E-state index contributed by atoms with van der Waals surface area (Å²) in [5, 5.41) is 4.29. The number of likely N-dealkylation sites (tertiary alicyclic amines) is 1. The van der Waals surface area contributed by atoms with Gasteiger partial charge in [0.15, 0.2) is 5.78 Å². The second kappa shape index (κ2) is 9.33. The fourth-order valence-corrected chi connectivity index (χ4v) is 4.94. The number of hydrogen-bond acceptors (Lipinski definition) is 4. The van der Waals surface area contributed by atoms with Gasteiger partial charge in [-0.05, 0) is 87.1 Å². The van der Waals surface area contributed by atoms with E-state index in [-0.39, 0.29) is 5.78 Å². The van der Waals surface area contributed by atoms with Crippen LogP contribution in [0.5, 0.6) is 0 Å². The van der Waals surface area contributed by atoms with Crippen molar-refractivity contribution < 1.29 is 4.79 Å². The van der Waals surface area contributed by atoms with Gasteiger partial charge in [-0.3, -0.25) is 14.7 Å². The van der Waals surface area contributed by atoms with Gasteiger partial charge in [0.1, 0.15) is 0 Å². The van der Waals surface area contributed by atoms with Crippen LogP contribution >= 0.6 is 0 Å². The number of carbonyl (C=O) groups excluding carboxylic acids is 1. The van der Waals surface area contributed by atoms with E-state index in [1.165, 1.54) is 33.3 Å². The van der Waals surface area contributed by atoms with Crippen molar-refractivity contribution in [3.05, 3.63) is 53.3 Å². The summed E-state index contributed by atoms with van der Waals surface area (Å²) in [6.45, 7) is 9.59. The molecule has 4 rings (SSSR count). The first kappa shape index (κ1) is 21.7. The number of nitrogens with zero attached hydrogens (tertiary/aromatic N) is 2. The van der Waals surface area contributed by atoms with Crippen molar-refractivity contribution in [2.45, 2.75) is 45.4 Å². The molecule has 1 saturated heterocycles. The maximum Gasteiger partial charge on any atom is 0.160 e. The molecule has 0 unspecified atom stereocenters. The zero-order valence-corrected chi connectivity index (χ0v) is 19.2. The minimum Gasteiger partial charge on any atom is -0.354 e. The molecule has 0 atom stereocenters. The lowest BCUT2D eigenvalue weighted by Crippen LogP contribution is -2.39. The number of ketones is 1. The molecule has 0 bridgehead atoms. The summed E-state index contributed by atoms with van der Waals surface area (Å²) >= 11 is 0. The molecule has 0 aliphatic carbocycles. The summed E-state index contributed by atoms with van der Waals surface area (Å²) in [7, 11) is 1.83. The molecule has 2 N–H and O–H groups in total. The maximum absolute atomic E-state index is 11.9. The Kier molecular flexibility index (Phi) is 6.54. The zero-order chi connectivity index (χ0) is 22.0. The molecule has 3 heterocycles. The fourth-order valence-electron chi connectivity index (χ4n) is 4.94. The molecule has 1 aliphatic rings. The van der Waals surface area contributed by atoms with E-state index in [9.17, 15) is 4.79 Å². The Bertz CT molecular complexity index is 1060. The topological polar surface area (TPSA) is 61.0 Å². The number of Topliss-reactive ketones (excluding diaryl/α,β-unsaturated/α-hetero) is 1. The number of pyridine rings is 1. The van der Waals surface area contributed by atoms with Crippen LogP contribution < -0.4 is 5.32 Å². The lowest BCUT2D eigenvalue weighted by atomic mass is 9.87. The number of carbonyl (C=O) groups is 1. The Morgan fingerprint density at radius 2 is 2.00 bits per heavy atom. The third kappa shape index (κ3) is 4.73. The molecule has 0 saturated carbocycles. The number of likely N-dealkylation sites (N-methyl/N-ethyl adjacent to an activating group) is 1. The first-order valence-corrected chi connectivity index (χ1v) is 11.4. The fraction of sp³-hybridized carbons (Fsp3) is 0.462. The molecule has 5 nitrogen and oxygen atoms in total. The summed E-state index contributed by atoms with van der Waals surface area (Å²) in [5.41, 5.74) is 7.46. The molecule has 164 valence electrons. The average Bonchev–Trinajstić information content (AvgIpc) is 3.13. The molecule has 1 aliphatic heterocycles. The van der Waals surface area contributed by atoms with Crippen LogP contribution in [0.15, 0.2) is 36.5 Å². The smallest absolute Gasteiger partial charge is 0.160 e. The van der Waals surface area contributed by atoms with E-state index >= 15 is 0 Å². The van der Waals surface area contributed by atoms with Crippen molar-refractivity contribution in [2.24, 2.45) is 0 Å². The van der Waals surface area contributed by atoms with Gasteiger partial charge in [0.05, 0.1) is 18.8 Å². The van der Waals surface area contributed by atoms with E-state index in [2.05, 4.69) is 64.4 Å². The second-order valence-electron chi connectivity index (χ2n) is 9.18. The van der Waals surface area contributed by atoms with Crippen LogP contribution in [-0.4, -0.2) is 53.9 Å². The number of hydrogen-bond donors (Lipinski definition) is 2. The maximum atomic E-state index is 11.9. The molecular formula is C26H34N4O. The summed E-state index contributed by atoms with van der Waals surface area (Å²) < 4.78 is 0. The van der Waals surface area contributed by atoms with Crippen molar-refractivity contribution >= 4 is 16.7 Å². The Labute approximate surface area is 185 Å². The van der Waals surface area contributed by atoms with Gasteiger partial charge in [-0.1, -0.05) is 19.9 Å². The van der Waals surface area contributed by atoms with Gasteiger partial charge in [-0.2, -0.15) is 0 Å². The number of benzene rings is 1. The van der Waals surface area contributed by atoms with Crippen LogP contribution in [0.4, 0.5) is 0 Å². The van der Waals surface area contributed by atoms with Gasteiger partial charge >= 0.3 is 0 Å². The normalized spacial score (nSPS) is 15.8. The highest BCUT2D eigenvalue weighted by Gasteiger charge is 2.23. The first-order valence-electron chi connectivity index (χ1n) is 11.4. The summed E-state index contributed by atoms with van der Waals surface area (Å²) in [4.78, 5) is 22.3.